The Balaban J connectivity index is 0.00000280. The van der Waals surface area contributed by atoms with E-state index < -0.39 is 16.1 Å². The molecule has 154 valence electrons. The zero-order chi connectivity index (χ0) is 19.4. The molecule has 0 spiro atoms. The van der Waals surface area contributed by atoms with Gasteiger partial charge in [-0.2, -0.15) is 9.40 Å². The molecule has 2 N–H and O–H groups in total. The molecule has 1 atom stereocenters. The summed E-state index contributed by atoms with van der Waals surface area (Å²) < 4.78 is 28.8. The van der Waals surface area contributed by atoms with Gasteiger partial charge in [-0.25, -0.2) is 8.42 Å². The highest BCUT2D eigenvalue weighted by Crippen LogP contribution is 2.23. The van der Waals surface area contributed by atoms with E-state index in [1.54, 1.807) is 49.4 Å². The van der Waals surface area contributed by atoms with E-state index in [2.05, 4.69) is 15.7 Å². The Bertz CT molecular complexity index is 909. The van der Waals surface area contributed by atoms with E-state index in [-0.39, 0.29) is 23.2 Å². The monoisotopic (exact) mass is 427 g/mol. The Hall–Kier alpha value is -1.94. The normalized spacial score (nSPS) is 16.2. The summed E-state index contributed by atoms with van der Waals surface area (Å²) in [6.07, 6.45) is 6.20. The first-order chi connectivity index (χ1) is 12.9. The number of aromatic nitrogens is 2. The molecule has 1 aromatic heterocycles. The quantitative estimate of drug-likeness (QED) is 0.734. The first kappa shape index (κ1) is 22.4. The number of rotatable bonds is 6. The van der Waals surface area contributed by atoms with E-state index in [4.69, 9.17) is 0 Å². The predicted molar refractivity (Wildman–Crippen MR) is 110 cm³/mol. The van der Waals surface area contributed by atoms with Gasteiger partial charge in [0, 0.05) is 37.6 Å². The predicted octanol–water partition coefficient (Wildman–Crippen LogP) is 1.92. The zero-order valence-corrected chi connectivity index (χ0v) is 17.6. The van der Waals surface area contributed by atoms with Crippen LogP contribution in [0.3, 0.4) is 0 Å². The standard InChI is InChI=1S/C18H25N5O3S.ClH/c1-19-17(14-12-20-22(2)13-14)18(24)21-15-7-6-8-16(11-15)27(25,26)23-9-4-3-5-10-23;/h6-8,11-13,17,19H,3-5,9-10H2,1-2H3,(H,21,24);1H. The minimum absolute atomic E-state index is 0. The molecule has 0 aliphatic carbocycles. The maximum Gasteiger partial charge on any atom is 0.246 e. The molecule has 0 bridgehead atoms. The van der Waals surface area contributed by atoms with Crippen molar-refractivity contribution in [3.05, 3.63) is 42.2 Å². The Labute approximate surface area is 171 Å². The highest BCUT2D eigenvalue weighted by Gasteiger charge is 2.26. The molecular weight excluding hydrogens is 402 g/mol. The first-order valence-corrected chi connectivity index (χ1v) is 10.4. The second kappa shape index (κ2) is 9.51. The number of likely N-dealkylation sites (N-methyl/N-ethyl adjacent to an activating group) is 1. The summed E-state index contributed by atoms with van der Waals surface area (Å²) in [4.78, 5) is 12.8. The van der Waals surface area contributed by atoms with E-state index in [1.807, 2.05) is 0 Å². The van der Waals surface area contributed by atoms with Crippen molar-refractivity contribution < 1.29 is 13.2 Å². The Morgan fingerprint density at radius 1 is 1.21 bits per heavy atom. The first-order valence-electron chi connectivity index (χ1n) is 8.98. The fraction of sp³-hybridized carbons (Fsp3) is 0.444. The van der Waals surface area contributed by atoms with Crippen molar-refractivity contribution in [1.82, 2.24) is 19.4 Å². The van der Waals surface area contributed by atoms with E-state index >= 15 is 0 Å². The van der Waals surface area contributed by atoms with Crippen LogP contribution in [0.2, 0.25) is 0 Å². The lowest BCUT2D eigenvalue weighted by molar-refractivity contribution is -0.118. The van der Waals surface area contributed by atoms with Gasteiger partial charge in [0.2, 0.25) is 15.9 Å². The molecule has 1 fully saturated rings. The van der Waals surface area contributed by atoms with Crippen LogP contribution >= 0.6 is 12.4 Å². The van der Waals surface area contributed by atoms with Gasteiger partial charge in [0.25, 0.3) is 0 Å². The topological polar surface area (TPSA) is 96.3 Å². The Morgan fingerprint density at radius 3 is 2.54 bits per heavy atom. The van der Waals surface area contributed by atoms with E-state index in [1.165, 1.54) is 10.4 Å². The molecule has 28 heavy (non-hydrogen) atoms. The number of halogens is 1. The Morgan fingerprint density at radius 2 is 1.93 bits per heavy atom. The minimum atomic E-state index is -3.54. The van der Waals surface area contributed by atoms with Crippen LogP contribution in [-0.2, 0) is 21.9 Å². The fourth-order valence-electron chi connectivity index (χ4n) is 3.24. The van der Waals surface area contributed by atoms with Gasteiger partial charge in [-0.1, -0.05) is 12.5 Å². The summed E-state index contributed by atoms with van der Waals surface area (Å²) in [5.41, 5.74) is 1.18. The van der Waals surface area contributed by atoms with Crippen molar-refractivity contribution in [3.63, 3.8) is 0 Å². The zero-order valence-electron chi connectivity index (χ0n) is 16.0. The van der Waals surface area contributed by atoms with Crippen LogP contribution in [0, 0.1) is 0 Å². The highest BCUT2D eigenvalue weighted by atomic mass is 35.5. The maximum atomic E-state index is 12.8. The smallest absolute Gasteiger partial charge is 0.246 e. The van der Waals surface area contributed by atoms with Gasteiger partial charge < -0.3 is 10.6 Å². The number of hydrogen-bond acceptors (Lipinski definition) is 5. The molecule has 1 unspecified atom stereocenters. The van der Waals surface area contributed by atoms with Crippen LogP contribution in [0.4, 0.5) is 5.69 Å². The van der Waals surface area contributed by atoms with Crippen molar-refractivity contribution in [3.8, 4) is 0 Å². The second-order valence-corrected chi connectivity index (χ2v) is 8.59. The van der Waals surface area contributed by atoms with Crippen molar-refractivity contribution in [2.45, 2.75) is 30.2 Å². The highest BCUT2D eigenvalue weighted by molar-refractivity contribution is 7.89. The largest absolute Gasteiger partial charge is 0.324 e. The SMILES string of the molecule is CNC(C(=O)Nc1cccc(S(=O)(=O)N2CCCCC2)c1)c1cnn(C)c1.Cl. The molecule has 10 heteroatoms. The molecule has 3 rings (SSSR count). The van der Waals surface area contributed by atoms with Crippen LogP contribution in [0.1, 0.15) is 30.9 Å². The third-order valence-electron chi connectivity index (χ3n) is 4.66. The Kier molecular flexibility index (Phi) is 7.59. The number of sulfonamides is 1. The molecule has 1 amide bonds. The van der Waals surface area contributed by atoms with Gasteiger partial charge in [-0.3, -0.25) is 9.48 Å². The third kappa shape index (κ3) is 4.91. The van der Waals surface area contributed by atoms with Crippen LogP contribution in [-0.4, -0.2) is 48.5 Å². The second-order valence-electron chi connectivity index (χ2n) is 6.65. The number of hydrogen-bond donors (Lipinski definition) is 2. The van der Waals surface area contributed by atoms with Crippen molar-refractivity contribution in [2.24, 2.45) is 7.05 Å². The number of amides is 1. The number of carbonyl (C=O) groups excluding carboxylic acids is 1. The maximum absolute atomic E-state index is 12.8. The van der Waals surface area contributed by atoms with E-state index in [9.17, 15) is 13.2 Å². The van der Waals surface area contributed by atoms with Crippen molar-refractivity contribution >= 4 is 34.0 Å². The number of benzene rings is 1. The van der Waals surface area contributed by atoms with Gasteiger partial charge in [0.1, 0.15) is 6.04 Å². The van der Waals surface area contributed by atoms with Crippen LogP contribution in [0.5, 0.6) is 0 Å². The molecular formula is C18H26ClN5O3S. The molecule has 1 aromatic carbocycles. The van der Waals surface area contributed by atoms with Gasteiger partial charge in [0.05, 0.1) is 11.1 Å². The van der Waals surface area contributed by atoms with Gasteiger partial charge in [0.15, 0.2) is 0 Å². The van der Waals surface area contributed by atoms with Crippen LogP contribution < -0.4 is 10.6 Å². The molecule has 2 heterocycles. The van der Waals surface area contributed by atoms with Gasteiger partial charge in [-0.05, 0) is 38.1 Å². The minimum Gasteiger partial charge on any atom is -0.324 e. The average molecular weight is 428 g/mol. The molecule has 2 aromatic rings. The number of nitrogens with one attached hydrogen (secondary N) is 2. The van der Waals surface area contributed by atoms with Crippen LogP contribution in [0.25, 0.3) is 0 Å². The molecule has 1 aliphatic heterocycles. The van der Waals surface area contributed by atoms with Crippen molar-refractivity contribution in [1.29, 1.82) is 0 Å². The fourth-order valence-corrected chi connectivity index (χ4v) is 4.80. The van der Waals surface area contributed by atoms with Crippen LogP contribution in [0.15, 0.2) is 41.6 Å². The van der Waals surface area contributed by atoms with Gasteiger partial charge in [-0.15, -0.1) is 12.4 Å². The molecule has 1 saturated heterocycles. The number of carbonyl (C=O) groups is 1. The number of aryl methyl sites for hydroxylation is 1. The molecule has 0 radical (unpaired) electrons. The lowest BCUT2D eigenvalue weighted by Crippen LogP contribution is -2.35. The summed E-state index contributed by atoms with van der Waals surface area (Å²) in [5.74, 6) is -0.280. The summed E-state index contributed by atoms with van der Waals surface area (Å²) in [5, 5.41) is 9.84. The number of piperidine rings is 1. The van der Waals surface area contributed by atoms with Gasteiger partial charge >= 0.3 is 0 Å². The molecule has 8 nitrogen and oxygen atoms in total. The number of anilines is 1. The summed E-state index contributed by atoms with van der Waals surface area (Å²) >= 11 is 0. The summed E-state index contributed by atoms with van der Waals surface area (Å²) in [6.45, 7) is 1.09. The lowest BCUT2D eigenvalue weighted by Gasteiger charge is -2.26. The molecule has 0 saturated carbocycles. The number of nitrogens with zero attached hydrogens (tertiary/aromatic N) is 3. The third-order valence-corrected chi connectivity index (χ3v) is 6.56. The summed E-state index contributed by atoms with van der Waals surface area (Å²) in [7, 11) is -0.0721. The van der Waals surface area contributed by atoms with E-state index in [0.29, 0.717) is 18.8 Å². The average Bonchev–Trinajstić information content (AvgIpc) is 3.09. The van der Waals surface area contributed by atoms with E-state index in [0.717, 1.165) is 24.8 Å². The summed E-state index contributed by atoms with van der Waals surface area (Å²) in [6, 6.07) is 5.82. The molecule has 1 aliphatic rings. The lowest BCUT2D eigenvalue weighted by atomic mass is 10.1. The van der Waals surface area contributed by atoms with Crippen molar-refractivity contribution in [2.75, 3.05) is 25.5 Å².